The summed E-state index contributed by atoms with van der Waals surface area (Å²) in [6, 6.07) is 1.42. The summed E-state index contributed by atoms with van der Waals surface area (Å²) in [5.41, 5.74) is 0.411. The lowest BCUT2D eigenvalue weighted by Gasteiger charge is -2.25. The summed E-state index contributed by atoms with van der Waals surface area (Å²) in [6.07, 6.45) is 6.45. The third-order valence-corrected chi connectivity index (χ3v) is 2.76. The van der Waals surface area contributed by atoms with Gasteiger partial charge in [0, 0.05) is 12.7 Å². The van der Waals surface area contributed by atoms with Gasteiger partial charge in [-0.2, -0.15) is 0 Å². The fourth-order valence-corrected chi connectivity index (χ4v) is 1.59. The number of aromatic nitrogens is 1. The van der Waals surface area contributed by atoms with Crippen LogP contribution >= 0.6 is 0 Å². The van der Waals surface area contributed by atoms with E-state index in [2.05, 4.69) is 10.3 Å². The molecule has 1 fully saturated rings. The normalized spacial score (nSPS) is 15.7. The molecule has 1 amide bonds. The zero-order valence-corrected chi connectivity index (χ0v) is 8.44. The summed E-state index contributed by atoms with van der Waals surface area (Å²) < 4.78 is 0. The summed E-state index contributed by atoms with van der Waals surface area (Å²) in [7, 11) is 0. The third kappa shape index (κ3) is 2.46. The Balaban J connectivity index is 1.89. The van der Waals surface area contributed by atoms with Crippen LogP contribution in [0.2, 0.25) is 0 Å². The van der Waals surface area contributed by atoms with Gasteiger partial charge in [-0.3, -0.25) is 9.78 Å². The molecule has 0 unspecified atom stereocenters. The van der Waals surface area contributed by atoms with Crippen LogP contribution in [0.4, 0.5) is 0 Å². The fourth-order valence-electron chi connectivity index (χ4n) is 1.59. The topological polar surface area (TPSA) is 62.2 Å². The summed E-state index contributed by atoms with van der Waals surface area (Å²) in [5.74, 6) is 0.496. The number of pyridine rings is 1. The van der Waals surface area contributed by atoms with Crippen molar-refractivity contribution in [1.29, 1.82) is 0 Å². The van der Waals surface area contributed by atoms with Crippen LogP contribution in [0.25, 0.3) is 0 Å². The van der Waals surface area contributed by atoms with E-state index in [-0.39, 0.29) is 11.7 Å². The number of hydrogen-bond donors (Lipinski definition) is 2. The van der Waals surface area contributed by atoms with Crippen LogP contribution in [0.3, 0.4) is 0 Å². The van der Waals surface area contributed by atoms with Gasteiger partial charge >= 0.3 is 0 Å². The summed E-state index contributed by atoms with van der Waals surface area (Å²) in [5, 5.41) is 12.0. The van der Waals surface area contributed by atoms with E-state index < -0.39 is 0 Å². The van der Waals surface area contributed by atoms with E-state index in [4.69, 9.17) is 5.11 Å². The van der Waals surface area contributed by atoms with Gasteiger partial charge in [0.05, 0.1) is 11.8 Å². The smallest absolute Gasteiger partial charge is 0.252 e. The zero-order chi connectivity index (χ0) is 10.7. The van der Waals surface area contributed by atoms with Crippen LogP contribution in [0.5, 0.6) is 5.75 Å². The van der Waals surface area contributed by atoms with Crippen molar-refractivity contribution < 1.29 is 9.90 Å². The van der Waals surface area contributed by atoms with Crippen molar-refractivity contribution in [3.8, 4) is 5.75 Å². The largest absolute Gasteiger partial charge is 0.506 e. The van der Waals surface area contributed by atoms with E-state index in [1.54, 1.807) is 0 Å². The minimum Gasteiger partial charge on any atom is -0.506 e. The number of nitrogens with one attached hydrogen (secondary N) is 1. The highest BCUT2D eigenvalue weighted by atomic mass is 16.3. The molecule has 80 valence electrons. The number of nitrogens with zero attached hydrogens (tertiary/aromatic N) is 1. The molecule has 4 nitrogen and oxygen atoms in total. The minimum absolute atomic E-state index is 0.0197. The predicted octanol–water partition coefficient (Wildman–Crippen LogP) is 1.32. The monoisotopic (exact) mass is 206 g/mol. The van der Waals surface area contributed by atoms with E-state index in [1.165, 1.54) is 37.7 Å². The number of amides is 1. The number of aromatic hydroxyl groups is 1. The molecule has 0 aromatic carbocycles. The molecule has 0 bridgehead atoms. The minimum atomic E-state index is -0.162. The molecule has 15 heavy (non-hydrogen) atoms. The molecule has 0 aliphatic heterocycles. The van der Waals surface area contributed by atoms with Gasteiger partial charge in [0.1, 0.15) is 5.75 Å². The molecule has 1 heterocycles. The molecular formula is C11H14N2O2. The highest BCUT2D eigenvalue weighted by molar-refractivity contribution is 5.94. The lowest BCUT2D eigenvalue weighted by molar-refractivity contribution is 0.0938. The molecule has 1 aromatic rings. The highest BCUT2D eigenvalue weighted by Crippen LogP contribution is 2.25. The Morgan fingerprint density at radius 1 is 1.53 bits per heavy atom. The van der Waals surface area contributed by atoms with E-state index >= 15 is 0 Å². The fraction of sp³-hybridized carbons (Fsp3) is 0.455. The zero-order valence-electron chi connectivity index (χ0n) is 8.44. The van der Waals surface area contributed by atoms with Crippen LogP contribution in [-0.4, -0.2) is 22.5 Å². The van der Waals surface area contributed by atoms with E-state index in [9.17, 15) is 4.79 Å². The molecule has 4 heteroatoms. The van der Waals surface area contributed by atoms with Crippen LogP contribution in [-0.2, 0) is 0 Å². The Hall–Kier alpha value is -1.58. The first-order valence-electron chi connectivity index (χ1n) is 5.18. The van der Waals surface area contributed by atoms with Crippen molar-refractivity contribution >= 4 is 5.91 Å². The van der Waals surface area contributed by atoms with Gasteiger partial charge in [0.15, 0.2) is 0 Å². The molecular weight excluding hydrogens is 192 g/mol. The summed E-state index contributed by atoms with van der Waals surface area (Å²) >= 11 is 0. The molecule has 2 N–H and O–H groups in total. The van der Waals surface area contributed by atoms with Gasteiger partial charge in [-0.25, -0.2) is 0 Å². The average Bonchev–Trinajstić information content (AvgIpc) is 2.15. The van der Waals surface area contributed by atoms with Crippen molar-refractivity contribution in [2.75, 3.05) is 6.54 Å². The van der Waals surface area contributed by atoms with E-state index in [1.807, 2.05) is 0 Å². The molecule has 0 spiro atoms. The first kappa shape index (κ1) is 9.96. The Morgan fingerprint density at radius 3 is 2.93 bits per heavy atom. The van der Waals surface area contributed by atoms with Crippen molar-refractivity contribution in [2.45, 2.75) is 19.3 Å². The predicted molar refractivity (Wildman–Crippen MR) is 55.6 cm³/mol. The van der Waals surface area contributed by atoms with Crippen molar-refractivity contribution in [1.82, 2.24) is 10.3 Å². The number of carbonyl (C=O) groups excluding carboxylic acids is 1. The molecule has 2 rings (SSSR count). The first-order valence-corrected chi connectivity index (χ1v) is 5.18. The van der Waals surface area contributed by atoms with Crippen molar-refractivity contribution in [3.05, 3.63) is 24.0 Å². The second-order valence-corrected chi connectivity index (χ2v) is 3.94. The standard InChI is InChI=1S/C11H14N2O2/c14-10-4-9(6-12-7-10)11(15)13-5-8-2-1-3-8/h4,6-8,14H,1-3,5H2,(H,13,15). The second-order valence-electron chi connectivity index (χ2n) is 3.94. The molecule has 0 atom stereocenters. The van der Waals surface area contributed by atoms with Crippen molar-refractivity contribution in [3.63, 3.8) is 0 Å². The SMILES string of the molecule is O=C(NCC1CCC1)c1cncc(O)c1. The average molecular weight is 206 g/mol. The van der Waals surface area contributed by atoms with Gasteiger partial charge in [-0.1, -0.05) is 6.42 Å². The van der Waals surface area contributed by atoms with Gasteiger partial charge in [-0.05, 0) is 24.8 Å². The van der Waals surface area contributed by atoms with Gasteiger partial charge in [-0.15, -0.1) is 0 Å². The molecule has 1 aliphatic rings. The number of hydrogen-bond acceptors (Lipinski definition) is 3. The van der Waals surface area contributed by atoms with Crippen molar-refractivity contribution in [2.24, 2.45) is 5.92 Å². The summed E-state index contributed by atoms with van der Waals surface area (Å²) in [4.78, 5) is 15.3. The molecule has 0 saturated heterocycles. The maximum atomic E-state index is 11.6. The maximum Gasteiger partial charge on any atom is 0.252 e. The lowest BCUT2D eigenvalue weighted by Crippen LogP contribution is -2.32. The Bertz CT molecular complexity index is 361. The molecule has 1 aromatic heterocycles. The van der Waals surface area contributed by atoms with E-state index in [0.29, 0.717) is 11.5 Å². The van der Waals surface area contributed by atoms with Crippen LogP contribution in [0.1, 0.15) is 29.6 Å². The van der Waals surface area contributed by atoms with Gasteiger partial charge in [0.2, 0.25) is 0 Å². The van der Waals surface area contributed by atoms with Crippen LogP contribution < -0.4 is 5.32 Å². The number of carbonyl (C=O) groups is 1. The number of rotatable bonds is 3. The molecule has 1 saturated carbocycles. The maximum absolute atomic E-state index is 11.6. The quantitative estimate of drug-likeness (QED) is 0.784. The Morgan fingerprint density at radius 2 is 2.33 bits per heavy atom. The van der Waals surface area contributed by atoms with Gasteiger partial charge in [0.25, 0.3) is 5.91 Å². The molecule has 0 radical (unpaired) electrons. The van der Waals surface area contributed by atoms with Gasteiger partial charge < -0.3 is 10.4 Å². The van der Waals surface area contributed by atoms with E-state index in [0.717, 1.165) is 6.54 Å². The lowest BCUT2D eigenvalue weighted by atomic mass is 9.85. The summed E-state index contributed by atoms with van der Waals surface area (Å²) in [6.45, 7) is 0.731. The first-order chi connectivity index (χ1) is 7.25. The third-order valence-electron chi connectivity index (χ3n) is 2.76. The molecule has 1 aliphatic carbocycles. The Kier molecular flexibility index (Phi) is 2.85. The Labute approximate surface area is 88.3 Å². The van der Waals surface area contributed by atoms with Crippen LogP contribution in [0.15, 0.2) is 18.5 Å². The highest BCUT2D eigenvalue weighted by Gasteiger charge is 2.18. The second kappa shape index (κ2) is 4.29. The van der Waals surface area contributed by atoms with Crippen LogP contribution in [0, 0.1) is 5.92 Å².